The van der Waals surface area contributed by atoms with Crippen molar-refractivity contribution in [3.63, 3.8) is 0 Å². The van der Waals surface area contributed by atoms with Crippen molar-refractivity contribution in [1.82, 2.24) is 20.4 Å². The van der Waals surface area contributed by atoms with E-state index in [1.807, 2.05) is 19.4 Å². The highest BCUT2D eigenvalue weighted by Gasteiger charge is 2.35. The van der Waals surface area contributed by atoms with Gasteiger partial charge in [0.25, 0.3) is 0 Å². The molecule has 3 atom stereocenters. The highest BCUT2D eigenvalue weighted by atomic mass is 35.5. The molecule has 6 heteroatoms. The molecule has 1 aliphatic carbocycles. The number of amides is 1. The second kappa shape index (κ2) is 8.44. The monoisotopic (exact) mass is 388 g/mol. The molecular formula is C21H29ClN4O. The van der Waals surface area contributed by atoms with E-state index in [-0.39, 0.29) is 36.2 Å². The molecule has 1 aliphatic heterocycles. The molecule has 0 bridgehead atoms. The Kier molecular flexibility index (Phi) is 6.22. The van der Waals surface area contributed by atoms with Crippen molar-refractivity contribution in [2.75, 3.05) is 13.1 Å². The van der Waals surface area contributed by atoms with Crippen molar-refractivity contribution in [1.29, 1.82) is 0 Å². The molecule has 1 unspecified atom stereocenters. The number of halogens is 1. The first-order valence-electron chi connectivity index (χ1n) is 9.73. The van der Waals surface area contributed by atoms with Crippen molar-refractivity contribution >= 4 is 18.3 Å². The van der Waals surface area contributed by atoms with Gasteiger partial charge >= 0.3 is 0 Å². The van der Waals surface area contributed by atoms with Crippen LogP contribution in [0.25, 0.3) is 0 Å². The molecular weight excluding hydrogens is 360 g/mol. The molecule has 5 nitrogen and oxygen atoms in total. The zero-order valence-electron chi connectivity index (χ0n) is 16.1. The van der Waals surface area contributed by atoms with Crippen LogP contribution in [0.2, 0.25) is 0 Å². The van der Waals surface area contributed by atoms with Gasteiger partial charge in [0.15, 0.2) is 0 Å². The third kappa shape index (κ3) is 4.19. The summed E-state index contributed by atoms with van der Waals surface area (Å²) >= 11 is 0. The number of nitrogens with zero attached hydrogens (tertiary/aromatic N) is 2. The minimum atomic E-state index is -0.0423. The van der Waals surface area contributed by atoms with Gasteiger partial charge in [-0.1, -0.05) is 18.2 Å². The summed E-state index contributed by atoms with van der Waals surface area (Å²) in [5, 5.41) is 10.9. The molecule has 1 amide bonds. The number of benzene rings is 1. The molecule has 0 radical (unpaired) electrons. The quantitative estimate of drug-likeness (QED) is 0.846. The van der Waals surface area contributed by atoms with Crippen LogP contribution in [0.5, 0.6) is 0 Å². The fraction of sp³-hybridized carbons (Fsp3) is 0.524. The number of nitrogens with one attached hydrogen (secondary N) is 2. The third-order valence-electron chi connectivity index (χ3n) is 5.94. The van der Waals surface area contributed by atoms with Crippen LogP contribution in [-0.2, 0) is 24.7 Å². The normalized spacial score (nSPS) is 22.6. The van der Waals surface area contributed by atoms with E-state index in [0.717, 1.165) is 18.7 Å². The maximum atomic E-state index is 12.9. The molecule has 2 aromatic rings. The molecule has 2 aliphatic rings. The Labute approximate surface area is 167 Å². The first-order valence-corrected chi connectivity index (χ1v) is 9.73. The fourth-order valence-corrected chi connectivity index (χ4v) is 4.36. The summed E-state index contributed by atoms with van der Waals surface area (Å²) in [4.78, 5) is 12.9. The lowest BCUT2D eigenvalue weighted by Crippen LogP contribution is -2.36. The van der Waals surface area contributed by atoms with Gasteiger partial charge in [-0.2, -0.15) is 5.10 Å². The lowest BCUT2D eigenvalue weighted by molar-refractivity contribution is -0.125. The van der Waals surface area contributed by atoms with Crippen LogP contribution in [0.1, 0.15) is 54.0 Å². The number of carbonyl (C=O) groups is 1. The van der Waals surface area contributed by atoms with E-state index < -0.39 is 0 Å². The number of hydrogen-bond acceptors (Lipinski definition) is 3. The first-order chi connectivity index (χ1) is 12.6. The summed E-state index contributed by atoms with van der Waals surface area (Å²) in [7, 11) is 1.92. The van der Waals surface area contributed by atoms with Crippen LogP contribution in [0.15, 0.2) is 30.6 Å². The van der Waals surface area contributed by atoms with Crippen LogP contribution < -0.4 is 10.6 Å². The van der Waals surface area contributed by atoms with E-state index in [2.05, 4.69) is 40.9 Å². The van der Waals surface area contributed by atoms with Crippen molar-refractivity contribution in [3.05, 3.63) is 52.8 Å². The predicted molar refractivity (Wildman–Crippen MR) is 109 cm³/mol. The van der Waals surface area contributed by atoms with Gasteiger partial charge in [-0.15, -0.1) is 12.4 Å². The minimum absolute atomic E-state index is 0. The van der Waals surface area contributed by atoms with Crippen LogP contribution in [0.3, 0.4) is 0 Å². The molecule has 27 heavy (non-hydrogen) atoms. The largest absolute Gasteiger partial charge is 0.349 e. The van der Waals surface area contributed by atoms with Crippen molar-refractivity contribution in [2.24, 2.45) is 13.0 Å². The fourth-order valence-electron chi connectivity index (χ4n) is 4.36. The maximum absolute atomic E-state index is 12.9. The van der Waals surface area contributed by atoms with E-state index in [9.17, 15) is 4.79 Å². The molecule has 1 fully saturated rings. The zero-order chi connectivity index (χ0) is 18.1. The van der Waals surface area contributed by atoms with E-state index in [4.69, 9.17) is 0 Å². The Balaban J connectivity index is 0.00000210. The molecule has 4 rings (SSSR count). The molecule has 2 heterocycles. The average Bonchev–Trinajstić information content (AvgIpc) is 3.30. The maximum Gasteiger partial charge on any atom is 0.225 e. The Hall–Kier alpha value is -1.85. The molecule has 146 valence electrons. The highest BCUT2D eigenvalue weighted by molar-refractivity contribution is 5.85. The minimum Gasteiger partial charge on any atom is -0.349 e. The summed E-state index contributed by atoms with van der Waals surface area (Å²) < 4.78 is 1.80. The van der Waals surface area contributed by atoms with Crippen LogP contribution in [0, 0.1) is 5.92 Å². The van der Waals surface area contributed by atoms with Crippen molar-refractivity contribution in [2.45, 2.75) is 44.6 Å². The van der Waals surface area contributed by atoms with E-state index in [1.54, 1.807) is 4.68 Å². The molecule has 1 saturated heterocycles. The predicted octanol–water partition coefficient (Wildman–Crippen LogP) is 2.90. The number of aromatic nitrogens is 2. The van der Waals surface area contributed by atoms with Gasteiger partial charge in [0, 0.05) is 32.3 Å². The summed E-state index contributed by atoms with van der Waals surface area (Å²) in [5.41, 5.74) is 5.29. The smallest absolute Gasteiger partial charge is 0.225 e. The molecule has 1 aromatic carbocycles. The molecule has 0 spiro atoms. The summed E-state index contributed by atoms with van der Waals surface area (Å²) in [5.74, 6) is 0.285. The van der Waals surface area contributed by atoms with Crippen molar-refractivity contribution < 1.29 is 4.79 Å². The third-order valence-corrected chi connectivity index (χ3v) is 5.94. The summed E-state index contributed by atoms with van der Waals surface area (Å²) in [6, 6.07) is 6.76. The topological polar surface area (TPSA) is 59.0 Å². The Morgan fingerprint density at radius 3 is 2.78 bits per heavy atom. The Morgan fingerprint density at radius 2 is 2.04 bits per heavy atom. The van der Waals surface area contributed by atoms with E-state index >= 15 is 0 Å². The van der Waals surface area contributed by atoms with Crippen molar-refractivity contribution in [3.8, 4) is 0 Å². The lowest BCUT2D eigenvalue weighted by Gasteiger charge is -2.23. The van der Waals surface area contributed by atoms with E-state index in [1.165, 1.54) is 42.4 Å². The van der Waals surface area contributed by atoms with Gasteiger partial charge in [0.05, 0.1) is 18.2 Å². The second-order valence-electron chi connectivity index (χ2n) is 7.78. The van der Waals surface area contributed by atoms with Gasteiger partial charge in [0.1, 0.15) is 0 Å². The van der Waals surface area contributed by atoms with Crippen LogP contribution >= 0.6 is 12.4 Å². The van der Waals surface area contributed by atoms with Gasteiger partial charge in [-0.05, 0) is 54.9 Å². The zero-order valence-corrected chi connectivity index (χ0v) is 16.9. The average molecular weight is 389 g/mol. The molecule has 1 aromatic heterocycles. The number of aryl methyl sites for hydroxylation is 3. The number of rotatable bonds is 4. The second-order valence-corrected chi connectivity index (χ2v) is 7.78. The number of carbonyl (C=O) groups excluding carboxylic acids is 1. The van der Waals surface area contributed by atoms with Gasteiger partial charge in [-0.3, -0.25) is 9.48 Å². The highest BCUT2D eigenvalue weighted by Crippen LogP contribution is 2.29. The first kappa shape index (κ1) is 19.9. The summed E-state index contributed by atoms with van der Waals surface area (Å²) in [6.45, 7) is 3.64. The molecule has 0 saturated carbocycles. The van der Waals surface area contributed by atoms with Crippen LogP contribution in [-0.4, -0.2) is 28.8 Å². The van der Waals surface area contributed by atoms with E-state index in [0.29, 0.717) is 0 Å². The number of fused-ring (bicyclic) bond motifs is 1. The van der Waals surface area contributed by atoms with Gasteiger partial charge in [0.2, 0.25) is 5.91 Å². The van der Waals surface area contributed by atoms with Gasteiger partial charge in [-0.25, -0.2) is 0 Å². The Bertz CT molecular complexity index is 803. The van der Waals surface area contributed by atoms with Crippen LogP contribution in [0.4, 0.5) is 0 Å². The lowest BCUT2D eigenvalue weighted by atomic mass is 9.88. The number of hydrogen-bond donors (Lipinski definition) is 2. The standard InChI is InChI=1S/C21H28N4O.ClH/c1-14(16-8-7-15-5-3-4-6-17(15)9-16)24-21(26)20-12-22-11-19(20)18-10-23-25(2)13-18;/h7-10,13-14,19-20,22H,3-6,11-12H2,1-2H3,(H,24,26);1H/t14?,19-,20+;/m1./s1. The molecule has 2 N–H and O–H groups in total. The van der Waals surface area contributed by atoms with Gasteiger partial charge < -0.3 is 10.6 Å². The Morgan fingerprint density at radius 1 is 1.26 bits per heavy atom. The SMILES string of the molecule is CC(NC(=O)[C@H]1CNC[C@@H]1c1cnn(C)c1)c1ccc2c(c1)CCCC2.Cl. The summed E-state index contributed by atoms with van der Waals surface area (Å²) in [6.07, 6.45) is 8.83.